The third kappa shape index (κ3) is 3.44. The van der Waals surface area contributed by atoms with Gasteiger partial charge in [-0.2, -0.15) is 9.97 Å². The Balaban J connectivity index is 1.60. The van der Waals surface area contributed by atoms with Crippen LogP contribution < -0.4 is 9.64 Å². The van der Waals surface area contributed by atoms with E-state index in [-0.39, 0.29) is 41.2 Å². The normalized spacial score (nSPS) is 21.5. The second kappa shape index (κ2) is 8.51. The van der Waals surface area contributed by atoms with Gasteiger partial charge in [-0.1, -0.05) is 13.0 Å². The lowest BCUT2D eigenvalue weighted by atomic mass is 9.94. The minimum Gasteiger partial charge on any atom is -0.508 e. The average Bonchev–Trinajstić information content (AvgIpc) is 3.13. The van der Waals surface area contributed by atoms with Gasteiger partial charge in [0.15, 0.2) is 5.82 Å². The number of piperidine rings is 1. The molecule has 2 aromatic carbocycles. The Bertz CT molecular complexity index is 1500. The highest BCUT2D eigenvalue weighted by molar-refractivity contribution is 6.01. The molecule has 0 radical (unpaired) electrons. The second-order valence-electron chi connectivity index (χ2n) is 9.61. The first kappa shape index (κ1) is 22.8. The van der Waals surface area contributed by atoms with Gasteiger partial charge in [0.1, 0.15) is 28.6 Å². The van der Waals surface area contributed by atoms with Gasteiger partial charge in [-0.3, -0.25) is 4.98 Å². The molecular formula is C27H26F2N4O3. The lowest BCUT2D eigenvalue weighted by Gasteiger charge is -2.38. The van der Waals surface area contributed by atoms with E-state index in [1.54, 1.807) is 6.07 Å². The summed E-state index contributed by atoms with van der Waals surface area (Å²) in [5, 5.41) is 22.2. The van der Waals surface area contributed by atoms with Gasteiger partial charge in [-0.15, -0.1) is 0 Å². The topological polar surface area (TPSA) is 91.6 Å². The highest BCUT2D eigenvalue weighted by atomic mass is 19.1. The smallest absolute Gasteiger partial charge is 0.318 e. The number of fused-ring (bicyclic) bond motifs is 4. The molecule has 2 bridgehead atoms. The number of aromatic nitrogens is 3. The predicted octanol–water partition coefficient (Wildman–Crippen LogP) is 4.89. The molecule has 4 aromatic rings. The zero-order chi connectivity index (χ0) is 25.1. The number of rotatable bonds is 4. The summed E-state index contributed by atoms with van der Waals surface area (Å²) in [6, 6.07) is 6.06. The summed E-state index contributed by atoms with van der Waals surface area (Å²) in [6.45, 7) is 1.83. The van der Waals surface area contributed by atoms with E-state index < -0.39 is 11.6 Å². The molecule has 2 saturated heterocycles. The maximum absolute atomic E-state index is 16.2. The van der Waals surface area contributed by atoms with E-state index >= 15 is 4.39 Å². The van der Waals surface area contributed by atoms with Crippen molar-refractivity contribution in [3.8, 4) is 23.0 Å². The van der Waals surface area contributed by atoms with Crippen molar-refractivity contribution in [3.63, 3.8) is 0 Å². The molecular weight excluding hydrogens is 466 g/mol. The van der Waals surface area contributed by atoms with Crippen molar-refractivity contribution in [1.82, 2.24) is 15.0 Å². The number of aryl methyl sites for hydroxylation is 1. The number of hydrogen-bond acceptors (Lipinski definition) is 7. The van der Waals surface area contributed by atoms with Crippen molar-refractivity contribution >= 4 is 27.5 Å². The number of pyridine rings is 1. The summed E-state index contributed by atoms with van der Waals surface area (Å²) >= 11 is 0. The molecule has 0 spiro atoms. The van der Waals surface area contributed by atoms with Crippen LogP contribution >= 0.6 is 0 Å². The number of phenolic OH excluding ortho intramolecular Hbond substituents is 1. The van der Waals surface area contributed by atoms with Crippen LogP contribution in [0.4, 0.5) is 14.6 Å². The number of anilines is 1. The first-order chi connectivity index (χ1) is 17.4. The van der Waals surface area contributed by atoms with Gasteiger partial charge in [0.05, 0.1) is 18.6 Å². The van der Waals surface area contributed by atoms with Gasteiger partial charge in [0.2, 0.25) is 0 Å². The average molecular weight is 493 g/mol. The number of aliphatic hydroxyl groups is 1. The van der Waals surface area contributed by atoms with Gasteiger partial charge in [0.25, 0.3) is 0 Å². The molecule has 186 valence electrons. The monoisotopic (exact) mass is 492 g/mol. The Labute approximate surface area is 206 Å². The number of ether oxygens (including phenoxy) is 1. The standard InChI is InChI=1S/C27H26F2N4O3/c1-3-18-21(28)7-4-13-8-16(34)11-19(22(13)18)24-23(29)25-20(12-30-24)26(32-27(31-25)36-2)33-14-5-6-15(33)10-17(35)9-14/h4,7-8,11-12,14-15,17,34-35H,3,5-6,9-10H2,1-2H3/t14-,15+,17?. The van der Waals surface area contributed by atoms with Gasteiger partial charge in [0, 0.05) is 23.8 Å². The number of nitrogens with zero attached hydrogens (tertiary/aromatic N) is 4. The maximum Gasteiger partial charge on any atom is 0.318 e. The van der Waals surface area contributed by atoms with Crippen LogP contribution in [0.15, 0.2) is 30.5 Å². The summed E-state index contributed by atoms with van der Waals surface area (Å²) < 4.78 is 36.3. The molecule has 2 aliphatic heterocycles. The molecule has 3 atom stereocenters. The minimum absolute atomic E-state index is 0.0279. The minimum atomic E-state index is -0.697. The summed E-state index contributed by atoms with van der Waals surface area (Å²) in [5.74, 6) is -0.628. The van der Waals surface area contributed by atoms with Crippen LogP contribution in [0, 0.1) is 11.6 Å². The fourth-order valence-electron chi connectivity index (χ4n) is 6.02. The molecule has 6 rings (SSSR count). The molecule has 1 unspecified atom stereocenters. The van der Waals surface area contributed by atoms with Gasteiger partial charge in [-0.05, 0) is 66.6 Å². The molecule has 4 heterocycles. The Morgan fingerprint density at radius 1 is 1.11 bits per heavy atom. The number of aromatic hydroxyl groups is 1. The summed E-state index contributed by atoms with van der Waals surface area (Å²) in [4.78, 5) is 15.5. The van der Waals surface area contributed by atoms with Crippen LogP contribution in [0.5, 0.6) is 11.8 Å². The third-order valence-electron chi connectivity index (χ3n) is 7.54. The van der Waals surface area contributed by atoms with Crippen molar-refractivity contribution < 1.29 is 23.7 Å². The van der Waals surface area contributed by atoms with E-state index in [1.807, 2.05) is 6.92 Å². The number of methoxy groups -OCH3 is 1. The first-order valence-corrected chi connectivity index (χ1v) is 12.2. The number of hydrogen-bond donors (Lipinski definition) is 2. The van der Waals surface area contributed by atoms with Crippen LogP contribution in [-0.4, -0.2) is 50.5 Å². The molecule has 2 aliphatic rings. The van der Waals surface area contributed by atoms with Crippen molar-refractivity contribution in [2.45, 2.75) is 57.2 Å². The van der Waals surface area contributed by atoms with Crippen molar-refractivity contribution in [2.75, 3.05) is 12.0 Å². The second-order valence-corrected chi connectivity index (χ2v) is 9.61. The Morgan fingerprint density at radius 2 is 1.86 bits per heavy atom. The van der Waals surface area contributed by atoms with Crippen molar-refractivity contribution in [1.29, 1.82) is 0 Å². The predicted molar refractivity (Wildman–Crippen MR) is 132 cm³/mol. The first-order valence-electron chi connectivity index (χ1n) is 12.2. The fraction of sp³-hybridized carbons (Fsp3) is 0.370. The van der Waals surface area contributed by atoms with E-state index in [2.05, 4.69) is 19.9 Å². The largest absolute Gasteiger partial charge is 0.508 e. The van der Waals surface area contributed by atoms with Crippen molar-refractivity contribution in [2.24, 2.45) is 0 Å². The van der Waals surface area contributed by atoms with Crippen LogP contribution in [0.1, 0.15) is 38.2 Å². The third-order valence-corrected chi connectivity index (χ3v) is 7.54. The molecule has 0 amide bonds. The molecule has 0 saturated carbocycles. The molecule has 0 aliphatic carbocycles. The number of phenols is 1. The van der Waals surface area contributed by atoms with E-state index in [9.17, 15) is 14.6 Å². The maximum atomic E-state index is 16.2. The molecule has 9 heteroatoms. The number of aliphatic hydroxyl groups excluding tert-OH is 1. The molecule has 2 fully saturated rings. The van der Waals surface area contributed by atoms with E-state index in [4.69, 9.17) is 4.74 Å². The van der Waals surface area contributed by atoms with Gasteiger partial charge in [-0.25, -0.2) is 8.78 Å². The molecule has 36 heavy (non-hydrogen) atoms. The zero-order valence-corrected chi connectivity index (χ0v) is 20.0. The number of halogens is 2. The fourth-order valence-corrected chi connectivity index (χ4v) is 6.02. The summed E-state index contributed by atoms with van der Waals surface area (Å²) in [5.41, 5.74) is 0.722. The lowest BCUT2D eigenvalue weighted by molar-refractivity contribution is 0.126. The van der Waals surface area contributed by atoms with Crippen LogP contribution in [0.2, 0.25) is 0 Å². The highest BCUT2D eigenvalue weighted by Gasteiger charge is 2.42. The Hall–Kier alpha value is -3.59. The summed E-state index contributed by atoms with van der Waals surface area (Å²) in [6.07, 6.45) is 4.65. The van der Waals surface area contributed by atoms with Crippen LogP contribution in [-0.2, 0) is 6.42 Å². The van der Waals surface area contributed by atoms with E-state index in [0.29, 0.717) is 52.4 Å². The quantitative estimate of drug-likeness (QED) is 0.419. The highest BCUT2D eigenvalue weighted by Crippen LogP contribution is 2.43. The zero-order valence-electron chi connectivity index (χ0n) is 20.0. The lowest BCUT2D eigenvalue weighted by Crippen LogP contribution is -2.45. The SMILES string of the molecule is CCc1c(F)ccc2cc(O)cc(-c3ncc4c(N5[C@@H]6CC[C@H]5CC(O)C6)nc(OC)nc4c3F)c12. The number of benzene rings is 2. The van der Waals surface area contributed by atoms with E-state index in [1.165, 1.54) is 31.5 Å². The van der Waals surface area contributed by atoms with Crippen LogP contribution in [0.25, 0.3) is 32.9 Å². The van der Waals surface area contributed by atoms with Gasteiger partial charge >= 0.3 is 6.01 Å². The van der Waals surface area contributed by atoms with Gasteiger partial charge < -0.3 is 19.8 Å². The Morgan fingerprint density at radius 3 is 2.56 bits per heavy atom. The van der Waals surface area contributed by atoms with Crippen molar-refractivity contribution in [3.05, 3.63) is 47.7 Å². The molecule has 7 nitrogen and oxygen atoms in total. The molecule has 2 aromatic heterocycles. The van der Waals surface area contributed by atoms with E-state index in [0.717, 1.165) is 12.8 Å². The molecule has 2 N–H and O–H groups in total. The van der Waals surface area contributed by atoms with Crippen LogP contribution in [0.3, 0.4) is 0 Å². The Kier molecular flexibility index (Phi) is 5.40. The summed E-state index contributed by atoms with van der Waals surface area (Å²) in [7, 11) is 1.43.